The number of benzene rings is 1. The van der Waals surface area contributed by atoms with Gasteiger partial charge in [-0.15, -0.1) is 0 Å². The molecule has 1 amide bonds. The summed E-state index contributed by atoms with van der Waals surface area (Å²) in [4.78, 5) is 18.4. The Balaban J connectivity index is 1.65. The van der Waals surface area contributed by atoms with E-state index in [1.54, 1.807) is 23.1 Å². The number of hydrogen-bond donors (Lipinski definition) is 0. The van der Waals surface area contributed by atoms with Crippen LogP contribution in [0.15, 0.2) is 30.3 Å². The van der Waals surface area contributed by atoms with Gasteiger partial charge in [0.05, 0.1) is 6.61 Å². The van der Waals surface area contributed by atoms with Crippen LogP contribution in [0.3, 0.4) is 0 Å². The van der Waals surface area contributed by atoms with Crippen LogP contribution in [0.4, 0.5) is 9.18 Å². The van der Waals surface area contributed by atoms with E-state index in [0.29, 0.717) is 31.1 Å². The Bertz CT molecular complexity index is 932. The number of aromatic nitrogens is 1. The van der Waals surface area contributed by atoms with Gasteiger partial charge in [-0.2, -0.15) is 0 Å². The topological polar surface area (TPSA) is 60.9 Å². The molecule has 1 aliphatic heterocycles. The molecule has 0 aliphatic carbocycles. The normalized spacial score (nSPS) is 16.7. The summed E-state index contributed by atoms with van der Waals surface area (Å²) in [7, 11) is 0. The van der Waals surface area contributed by atoms with E-state index in [1.807, 2.05) is 27.7 Å². The molecule has 0 bridgehead atoms. The Morgan fingerprint density at radius 3 is 2.71 bits per heavy atom. The molecule has 1 fully saturated rings. The van der Waals surface area contributed by atoms with E-state index in [1.165, 1.54) is 12.1 Å². The fourth-order valence-electron chi connectivity index (χ4n) is 3.27. The van der Waals surface area contributed by atoms with E-state index >= 15 is 0 Å². The van der Waals surface area contributed by atoms with Gasteiger partial charge in [0.25, 0.3) is 5.88 Å². The SMILES string of the molecule is Cc1ccc(OCC2CCCN(C(=O)OC(C)(C)C)C2)c(Oc2ccc(Cl)cc2F)n1. The highest BCUT2D eigenvalue weighted by atomic mass is 35.5. The predicted molar refractivity (Wildman–Crippen MR) is 116 cm³/mol. The quantitative estimate of drug-likeness (QED) is 0.559. The lowest BCUT2D eigenvalue weighted by Gasteiger charge is -2.34. The van der Waals surface area contributed by atoms with Crippen molar-refractivity contribution in [2.45, 2.75) is 46.1 Å². The van der Waals surface area contributed by atoms with Gasteiger partial charge in [0.1, 0.15) is 5.60 Å². The van der Waals surface area contributed by atoms with E-state index < -0.39 is 11.4 Å². The number of aryl methyl sites for hydroxylation is 1. The highest BCUT2D eigenvalue weighted by Crippen LogP contribution is 2.33. The van der Waals surface area contributed by atoms with E-state index in [4.69, 9.17) is 25.8 Å². The average Bonchev–Trinajstić information content (AvgIpc) is 2.68. The summed E-state index contributed by atoms with van der Waals surface area (Å²) in [5, 5.41) is 0.283. The molecule has 0 N–H and O–H groups in total. The lowest BCUT2D eigenvalue weighted by molar-refractivity contribution is 0.0138. The second kappa shape index (κ2) is 9.73. The lowest BCUT2D eigenvalue weighted by Crippen LogP contribution is -2.44. The van der Waals surface area contributed by atoms with Crippen molar-refractivity contribution in [3.05, 3.63) is 46.9 Å². The first kappa shape index (κ1) is 23.1. The van der Waals surface area contributed by atoms with Gasteiger partial charge in [0, 0.05) is 29.7 Å². The number of amides is 1. The minimum absolute atomic E-state index is 0.0149. The van der Waals surface area contributed by atoms with Crippen molar-refractivity contribution in [1.29, 1.82) is 0 Å². The summed E-state index contributed by atoms with van der Waals surface area (Å²) in [5.74, 6) is 0.168. The van der Waals surface area contributed by atoms with Crippen molar-refractivity contribution in [3.8, 4) is 17.4 Å². The summed E-state index contributed by atoms with van der Waals surface area (Å²) in [6.45, 7) is 8.97. The van der Waals surface area contributed by atoms with Crippen LogP contribution in [0.25, 0.3) is 0 Å². The van der Waals surface area contributed by atoms with Crippen molar-refractivity contribution in [1.82, 2.24) is 9.88 Å². The molecule has 6 nitrogen and oxygen atoms in total. The maximum atomic E-state index is 14.2. The first-order valence-electron chi connectivity index (χ1n) is 10.3. The van der Waals surface area contributed by atoms with Gasteiger partial charge in [-0.05, 0) is 70.9 Å². The van der Waals surface area contributed by atoms with E-state index in [0.717, 1.165) is 12.8 Å². The zero-order chi connectivity index (χ0) is 22.6. The molecule has 0 saturated carbocycles. The zero-order valence-corrected chi connectivity index (χ0v) is 19.0. The number of likely N-dealkylation sites (tertiary alicyclic amines) is 1. The Labute approximate surface area is 187 Å². The molecule has 0 radical (unpaired) electrons. The van der Waals surface area contributed by atoms with Crippen LogP contribution in [0.5, 0.6) is 17.4 Å². The fourth-order valence-corrected chi connectivity index (χ4v) is 3.43. The third-order valence-electron chi connectivity index (χ3n) is 4.71. The van der Waals surface area contributed by atoms with Crippen LogP contribution in [-0.4, -0.2) is 41.3 Å². The molecule has 168 valence electrons. The molecule has 1 unspecified atom stereocenters. The highest BCUT2D eigenvalue weighted by molar-refractivity contribution is 6.30. The Hall–Kier alpha value is -2.54. The summed E-state index contributed by atoms with van der Waals surface area (Å²) >= 11 is 5.81. The molecule has 1 aromatic carbocycles. The Morgan fingerprint density at radius 1 is 1.26 bits per heavy atom. The van der Waals surface area contributed by atoms with Gasteiger partial charge in [0.2, 0.25) is 0 Å². The number of ether oxygens (including phenoxy) is 3. The number of rotatable bonds is 5. The van der Waals surface area contributed by atoms with Crippen molar-refractivity contribution in [2.75, 3.05) is 19.7 Å². The second-order valence-corrected chi connectivity index (χ2v) is 9.11. The van der Waals surface area contributed by atoms with Gasteiger partial charge in [-0.25, -0.2) is 14.2 Å². The Kier molecular flexibility index (Phi) is 7.26. The van der Waals surface area contributed by atoms with Crippen LogP contribution < -0.4 is 9.47 Å². The predicted octanol–water partition coefficient (Wildman–Crippen LogP) is 6.00. The minimum Gasteiger partial charge on any atom is -0.488 e. The number of nitrogens with zero attached hydrogens (tertiary/aromatic N) is 2. The van der Waals surface area contributed by atoms with Crippen LogP contribution in [-0.2, 0) is 4.74 Å². The Morgan fingerprint density at radius 2 is 2.00 bits per heavy atom. The molecule has 1 atom stereocenters. The summed E-state index contributed by atoms with van der Waals surface area (Å²) in [5.41, 5.74) is 0.183. The monoisotopic (exact) mass is 450 g/mol. The van der Waals surface area contributed by atoms with E-state index in [-0.39, 0.29) is 28.7 Å². The largest absolute Gasteiger partial charge is 0.488 e. The molecule has 31 heavy (non-hydrogen) atoms. The minimum atomic E-state index is -0.581. The fraction of sp³-hybridized carbons (Fsp3) is 0.478. The molecule has 2 aromatic rings. The molecular formula is C23H28ClFN2O4. The number of piperidine rings is 1. The van der Waals surface area contributed by atoms with Crippen LogP contribution in [0.1, 0.15) is 39.3 Å². The standard InChI is InChI=1S/C23H28ClFN2O4/c1-15-7-9-20(21(26-15)30-19-10-8-17(24)12-18(19)25)29-14-16-6-5-11-27(13-16)22(28)31-23(2,3)4/h7-10,12,16H,5-6,11,13-14H2,1-4H3. The first-order chi connectivity index (χ1) is 14.6. The molecule has 2 heterocycles. The molecule has 1 saturated heterocycles. The van der Waals surface area contributed by atoms with Crippen molar-refractivity contribution in [3.63, 3.8) is 0 Å². The number of halogens is 2. The van der Waals surface area contributed by atoms with Gasteiger partial charge < -0.3 is 19.1 Å². The van der Waals surface area contributed by atoms with Crippen molar-refractivity contribution < 1.29 is 23.4 Å². The molecular weight excluding hydrogens is 423 g/mol. The van der Waals surface area contributed by atoms with Crippen LogP contribution >= 0.6 is 11.6 Å². The maximum absolute atomic E-state index is 14.2. The van der Waals surface area contributed by atoms with E-state index in [2.05, 4.69) is 4.98 Å². The molecule has 1 aliphatic rings. The molecule has 3 rings (SSSR count). The summed E-state index contributed by atoms with van der Waals surface area (Å²) in [6.07, 6.45) is 1.50. The lowest BCUT2D eigenvalue weighted by atomic mass is 9.99. The number of pyridine rings is 1. The third kappa shape index (κ3) is 6.72. The third-order valence-corrected chi connectivity index (χ3v) is 4.95. The molecule has 8 heteroatoms. The van der Waals surface area contributed by atoms with Crippen LogP contribution in [0.2, 0.25) is 5.02 Å². The number of carbonyl (C=O) groups is 1. The first-order valence-corrected chi connectivity index (χ1v) is 10.7. The maximum Gasteiger partial charge on any atom is 0.410 e. The molecule has 1 aromatic heterocycles. The highest BCUT2D eigenvalue weighted by Gasteiger charge is 2.28. The second-order valence-electron chi connectivity index (χ2n) is 8.68. The average molecular weight is 451 g/mol. The zero-order valence-electron chi connectivity index (χ0n) is 18.3. The summed E-state index contributed by atoms with van der Waals surface area (Å²) in [6, 6.07) is 7.73. The van der Waals surface area contributed by atoms with Crippen molar-refractivity contribution in [2.24, 2.45) is 5.92 Å². The smallest absolute Gasteiger partial charge is 0.410 e. The summed E-state index contributed by atoms with van der Waals surface area (Å²) < 4.78 is 31.3. The van der Waals surface area contributed by atoms with E-state index in [9.17, 15) is 9.18 Å². The van der Waals surface area contributed by atoms with Crippen molar-refractivity contribution >= 4 is 17.7 Å². The number of hydrogen-bond acceptors (Lipinski definition) is 5. The number of carbonyl (C=O) groups excluding carboxylic acids is 1. The van der Waals surface area contributed by atoms with Crippen LogP contribution in [0, 0.1) is 18.7 Å². The van der Waals surface area contributed by atoms with Gasteiger partial charge in [0.15, 0.2) is 17.3 Å². The van der Waals surface area contributed by atoms with Gasteiger partial charge in [-0.3, -0.25) is 0 Å². The molecule has 0 spiro atoms. The van der Waals surface area contributed by atoms with Gasteiger partial charge >= 0.3 is 6.09 Å². The van der Waals surface area contributed by atoms with Gasteiger partial charge in [-0.1, -0.05) is 11.6 Å².